The van der Waals surface area contributed by atoms with Crippen LogP contribution >= 0.6 is 15.9 Å². The van der Waals surface area contributed by atoms with Crippen LogP contribution in [0.4, 0.5) is 0 Å². The topological polar surface area (TPSA) is 63.7 Å². The molecule has 1 aromatic carbocycles. The van der Waals surface area contributed by atoms with Gasteiger partial charge in [-0.25, -0.2) is 0 Å². The Morgan fingerprint density at radius 2 is 2.29 bits per heavy atom. The van der Waals surface area contributed by atoms with Crippen LogP contribution in [0.1, 0.15) is 0 Å². The molecule has 1 heterocycles. The molecule has 2 rings (SSSR count). The fraction of sp³-hybridized carbons (Fsp3) is 0.125. The number of hydrogen-bond donors (Lipinski definition) is 1. The summed E-state index contributed by atoms with van der Waals surface area (Å²) in [6, 6.07) is 5.61. The van der Waals surface area contributed by atoms with Gasteiger partial charge in [0.1, 0.15) is 5.75 Å². The maximum absolute atomic E-state index is 5.15. The second-order valence-electron chi connectivity index (χ2n) is 2.58. The number of nitrogens with zero attached hydrogens (tertiary/aromatic N) is 3. The lowest BCUT2D eigenvalue weighted by Gasteiger charge is -2.03. The van der Waals surface area contributed by atoms with Crippen LogP contribution in [0.15, 0.2) is 22.7 Å². The van der Waals surface area contributed by atoms with Crippen molar-refractivity contribution in [1.82, 2.24) is 20.6 Å². The number of rotatable bonds is 2. The van der Waals surface area contributed by atoms with E-state index in [0.717, 1.165) is 15.8 Å². The Balaban J connectivity index is 2.46. The van der Waals surface area contributed by atoms with Crippen LogP contribution in [0, 0.1) is 0 Å². The van der Waals surface area contributed by atoms with E-state index in [1.807, 2.05) is 18.2 Å². The second kappa shape index (κ2) is 3.75. The highest BCUT2D eigenvalue weighted by molar-refractivity contribution is 9.10. The Labute approximate surface area is 88.6 Å². The monoisotopic (exact) mass is 254 g/mol. The Hall–Kier alpha value is -1.43. The number of methoxy groups -OCH3 is 1. The van der Waals surface area contributed by atoms with Crippen LogP contribution in [0.5, 0.6) is 5.75 Å². The zero-order valence-corrected chi connectivity index (χ0v) is 8.95. The van der Waals surface area contributed by atoms with Crippen molar-refractivity contribution in [3.63, 3.8) is 0 Å². The molecule has 5 nitrogen and oxygen atoms in total. The fourth-order valence-corrected chi connectivity index (χ4v) is 1.49. The van der Waals surface area contributed by atoms with Gasteiger partial charge in [-0.2, -0.15) is 5.21 Å². The zero-order valence-electron chi connectivity index (χ0n) is 7.36. The highest BCUT2D eigenvalue weighted by Gasteiger charge is 2.06. The van der Waals surface area contributed by atoms with E-state index in [0.29, 0.717) is 5.82 Å². The first-order chi connectivity index (χ1) is 6.81. The molecule has 0 unspecified atom stereocenters. The lowest BCUT2D eigenvalue weighted by Crippen LogP contribution is -1.87. The predicted molar refractivity (Wildman–Crippen MR) is 53.9 cm³/mol. The Bertz CT molecular complexity index is 429. The number of halogens is 1. The van der Waals surface area contributed by atoms with Crippen molar-refractivity contribution in [2.75, 3.05) is 7.11 Å². The molecule has 0 aliphatic heterocycles. The van der Waals surface area contributed by atoms with Crippen molar-refractivity contribution in [1.29, 1.82) is 0 Å². The summed E-state index contributed by atoms with van der Waals surface area (Å²) in [5, 5.41) is 13.6. The largest absolute Gasteiger partial charge is 0.496 e. The quantitative estimate of drug-likeness (QED) is 0.885. The number of nitrogens with one attached hydrogen (secondary N) is 1. The normalized spacial score (nSPS) is 10.1. The van der Waals surface area contributed by atoms with Crippen molar-refractivity contribution in [2.45, 2.75) is 0 Å². The minimum atomic E-state index is 0.552. The minimum absolute atomic E-state index is 0.552. The zero-order chi connectivity index (χ0) is 9.97. The van der Waals surface area contributed by atoms with Gasteiger partial charge in [-0.05, 0) is 39.3 Å². The van der Waals surface area contributed by atoms with Crippen molar-refractivity contribution in [3.05, 3.63) is 22.7 Å². The van der Waals surface area contributed by atoms with Crippen LogP contribution in [-0.2, 0) is 0 Å². The molecule has 6 heteroatoms. The SMILES string of the molecule is COc1cc(-c2nn[nH]n2)ccc1Br. The molecule has 0 atom stereocenters. The molecule has 0 radical (unpaired) electrons. The molecule has 0 amide bonds. The summed E-state index contributed by atoms with van der Waals surface area (Å²) < 4.78 is 6.05. The fourth-order valence-electron chi connectivity index (χ4n) is 1.08. The number of benzene rings is 1. The molecule has 1 N–H and O–H groups in total. The Morgan fingerprint density at radius 3 is 2.93 bits per heavy atom. The van der Waals surface area contributed by atoms with Gasteiger partial charge in [0, 0.05) is 5.56 Å². The van der Waals surface area contributed by atoms with Gasteiger partial charge in [-0.1, -0.05) is 0 Å². The Morgan fingerprint density at radius 1 is 1.43 bits per heavy atom. The minimum Gasteiger partial charge on any atom is -0.496 e. The van der Waals surface area contributed by atoms with Crippen molar-refractivity contribution < 1.29 is 4.74 Å². The van der Waals surface area contributed by atoms with E-state index in [4.69, 9.17) is 4.74 Å². The smallest absolute Gasteiger partial charge is 0.204 e. The molecule has 1 aromatic heterocycles. The standard InChI is InChI=1S/C8H7BrN4O/c1-14-7-4-5(2-3-6(7)9)8-10-12-13-11-8/h2-4H,1H3,(H,10,11,12,13). The van der Waals surface area contributed by atoms with Crippen LogP contribution < -0.4 is 4.74 Å². The van der Waals surface area contributed by atoms with E-state index in [9.17, 15) is 0 Å². The number of ether oxygens (including phenoxy) is 1. The summed E-state index contributed by atoms with van der Waals surface area (Å²) in [4.78, 5) is 0. The molecule has 0 saturated heterocycles. The van der Waals surface area contributed by atoms with Gasteiger partial charge >= 0.3 is 0 Å². The van der Waals surface area contributed by atoms with E-state index in [2.05, 4.69) is 36.6 Å². The van der Waals surface area contributed by atoms with Crippen molar-refractivity contribution in [2.24, 2.45) is 0 Å². The summed E-state index contributed by atoms with van der Waals surface area (Å²) in [5.41, 5.74) is 0.860. The summed E-state index contributed by atoms with van der Waals surface area (Å²) in [5.74, 6) is 1.29. The summed E-state index contributed by atoms with van der Waals surface area (Å²) in [6.45, 7) is 0. The third-order valence-electron chi connectivity index (χ3n) is 1.75. The number of hydrogen-bond acceptors (Lipinski definition) is 4. The maximum atomic E-state index is 5.15. The first-order valence-corrected chi connectivity index (χ1v) is 4.68. The molecule has 0 fully saturated rings. The van der Waals surface area contributed by atoms with Crippen LogP contribution in [-0.4, -0.2) is 27.7 Å². The van der Waals surface area contributed by atoms with Crippen molar-refractivity contribution >= 4 is 15.9 Å². The lowest BCUT2D eigenvalue weighted by molar-refractivity contribution is 0.412. The highest BCUT2D eigenvalue weighted by atomic mass is 79.9. The third-order valence-corrected chi connectivity index (χ3v) is 2.41. The van der Waals surface area contributed by atoms with Gasteiger partial charge in [0.2, 0.25) is 5.82 Å². The third kappa shape index (κ3) is 1.60. The summed E-state index contributed by atoms with van der Waals surface area (Å²) in [6.07, 6.45) is 0. The maximum Gasteiger partial charge on any atom is 0.204 e. The van der Waals surface area contributed by atoms with Crippen LogP contribution in [0.3, 0.4) is 0 Å². The average molecular weight is 255 g/mol. The van der Waals surface area contributed by atoms with Crippen LogP contribution in [0.25, 0.3) is 11.4 Å². The van der Waals surface area contributed by atoms with Crippen LogP contribution in [0.2, 0.25) is 0 Å². The number of tetrazole rings is 1. The number of H-pyrrole nitrogens is 1. The molecule has 2 aromatic rings. The summed E-state index contributed by atoms with van der Waals surface area (Å²) >= 11 is 3.36. The molecule has 0 aliphatic rings. The van der Waals surface area contributed by atoms with E-state index in [1.54, 1.807) is 7.11 Å². The van der Waals surface area contributed by atoms with E-state index in [1.165, 1.54) is 0 Å². The van der Waals surface area contributed by atoms with Gasteiger partial charge in [0.15, 0.2) is 0 Å². The molecule has 72 valence electrons. The molecule has 0 bridgehead atoms. The number of aromatic amines is 1. The number of aromatic nitrogens is 4. The molecule has 14 heavy (non-hydrogen) atoms. The molecular formula is C8H7BrN4O. The lowest BCUT2D eigenvalue weighted by atomic mass is 10.2. The van der Waals surface area contributed by atoms with Crippen molar-refractivity contribution in [3.8, 4) is 17.1 Å². The van der Waals surface area contributed by atoms with E-state index in [-0.39, 0.29) is 0 Å². The average Bonchev–Trinajstić information content (AvgIpc) is 2.71. The van der Waals surface area contributed by atoms with E-state index >= 15 is 0 Å². The Kier molecular flexibility index (Phi) is 2.45. The first-order valence-electron chi connectivity index (χ1n) is 3.88. The molecule has 0 saturated carbocycles. The molecular weight excluding hydrogens is 248 g/mol. The van der Waals surface area contributed by atoms with Gasteiger partial charge in [0.05, 0.1) is 11.6 Å². The first kappa shape index (κ1) is 9.14. The predicted octanol–water partition coefficient (Wildman–Crippen LogP) is 1.64. The van der Waals surface area contributed by atoms with Gasteiger partial charge < -0.3 is 4.74 Å². The van der Waals surface area contributed by atoms with Gasteiger partial charge in [-0.15, -0.1) is 10.2 Å². The van der Waals surface area contributed by atoms with Gasteiger partial charge in [0.25, 0.3) is 0 Å². The van der Waals surface area contributed by atoms with Gasteiger partial charge in [-0.3, -0.25) is 0 Å². The molecule has 0 spiro atoms. The molecule has 0 aliphatic carbocycles. The highest BCUT2D eigenvalue weighted by Crippen LogP contribution is 2.28. The second-order valence-corrected chi connectivity index (χ2v) is 3.44. The summed E-state index contributed by atoms with van der Waals surface area (Å²) in [7, 11) is 1.61. The van der Waals surface area contributed by atoms with E-state index < -0.39 is 0 Å².